The molecule has 2 heterocycles. The summed E-state index contributed by atoms with van der Waals surface area (Å²) in [4.78, 5) is 21.5. The van der Waals surface area contributed by atoms with E-state index in [9.17, 15) is 9.18 Å². The quantitative estimate of drug-likeness (QED) is 0.922. The van der Waals surface area contributed by atoms with Crippen molar-refractivity contribution < 1.29 is 9.18 Å². The summed E-state index contributed by atoms with van der Waals surface area (Å²) in [5.41, 5.74) is 7.98. The topological polar surface area (TPSA) is 72.1 Å². The molecule has 0 fully saturated rings. The number of fused-ring (bicyclic) bond motifs is 1. The zero-order valence-corrected chi connectivity index (χ0v) is 11.4. The highest BCUT2D eigenvalue weighted by atomic mass is 19.1. The first-order chi connectivity index (χ1) is 10.1. The molecule has 0 bridgehead atoms. The zero-order valence-electron chi connectivity index (χ0n) is 11.4. The second-order valence-corrected chi connectivity index (χ2v) is 5.12. The molecule has 6 heteroatoms. The maximum Gasteiger partial charge on any atom is 0.286 e. The second kappa shape index (κ2) is 5.57. The van der Waals surface area contributed by atoms with Crippen LogP contribution in [0.1, 0.15) is 27.4 Å². The summed E-state index contributed by atoms with van der Waals surface area (Å²) in [6.07, 6.45) is 2.48. The first kappa shape index (κ1) is 13.6. The number of amides is 1. The SMILES string of the molecule is NC(=O)c1ncc2c(n1)CN(Cc1cccc(F)c1)CC2. The molecule has 1 aromatic carbocycles. The molecular formula is C15H15FN4O. The van der Waals surface area contributed by atoms with Crippen molar-refractivity contribution in [3.05, 3.63) is 58.9 Å². The van der Waals surface area contributed by atoms with Crippen LogP contribution in [0.2, 0.25) is 0 Å². The summed E-state index contributed by atoms with van der Waals surface area (Å²) in [5, 5.41) is 0. The van der Waals surface area contributed by atoms with Crippen LogP contribution in [0.3, 0.4) is 0 Å². The van der Waals surface area contributed by atoms with Crippen molar-refractivity contribution in [1.29, 1.82) is 0 Å². The number of nitrogens with two attached hydrogens (primary N) is 1. The van der Waals surface area contributed by atoms with E-state index in [1.807, 2.05) is 6.07 Å². The summed E-state index contributed by atoms with van der Waals surface area (Å²) in [6, 6.07) is 6.56. The predicted molar refractivity (Wildman–Crippen MR) is 74.8 cm³/mol. The first-order valence-corrected chi connectivity index (χ1v) is 6.73. The summed E-state index contributed by atoms with van der Waals surface area (Å²) < 4.78 is 13.2. The molecule has 0 spiro atoms. The van der Waals surface area contributed by atoms with Gasteiger partial charge >= 0.3 is 0 Å². The van der Waals surface area contributed by atoms with Gasteiger partial charge in [-0.15, -0.1) is 0 Å². The van der Waals surface area contributed by atoms with Gasteiger partial charge < -0.3 is 5.73 Å². The van der Waals surface area contributed by atoms with Crippen LogP contribution >= 0.6 is 0 Å². The van der Waals surface area contributed by atoms with Crippen molar-refractivity contribution in [3.8, 4) is 0 Å². The Bertz CT molecular complexity index is 689. The van der Waals surface area contributed by atoms with Crippen LogP contribution in [0, 0.1) is 5.82 Å². The van der Waals surface area contributed by atoms with E-state index in [1.54, 1.807) is 12.3 Å². The van der Waals surface area contributed by atoms with E-state index in [-0.39, 0.29) is 11.6 Å². The summed E-state index contributed by atoms with van der Waals surface area (Å²) in [5.74, 6) is -0.815. The molecule has 108 valence electrons. The molecule has 21 heavy (non-hydrogen) atoms. The molecule has 1 aromatic heterocycles. The van der Waals surface area contributed by atoms with Crippen LogP contribution in [-0.2, 0) is 19.5 Å². The van der Waals surface area contributed by atoms with Gasteiger partial charge in [0, 0.05) is 25.8 Å². The fraction of sp³-hybridized carbons (Fsp3) is 0.267. The first-order valence-electron chi connectivity index (χ1n) is 6.73. The van der Waals surface area contributed by atoms with Gasteiger partial charge in [-0.3, -0.25) is 9.69 Å². The molecule has 3 rings (SSSR count). The number of carbonyl (C=O) groups is 1. The third-order valence-corrected chi connectivity index (χ3v) is 3.54. The number of rotatable bonds is 3. The molecule has 5 nitrogen and oxygen atoms in total. The van der Waals surface area contributed by atoms with Gasteiger partial charge in [-0.05, 0) is 29.7 Å². The fourth-order valence-electron chi connectivity index (χ4n) is 2.50. The van der Waals surface area contributed by atoms with Gasteiger partial charge in [0.25, 0.3) is 5.91 Å². The average Bonchev–Trinajstić information content (AvgIpc) is 2.46. The number of halogens is 1. The molecular weight excluding hydrogens is 271 g/mol. The van der Waals surface area contributed by atoms with Crippen molar-refractivity contribution in [2.75, 3.05) is 6.54 Å². The Morgan fingerprint density at radius 2 is 2.29 bits per heavy atom. The second-order valence-electron chi connectivity index (χ2n) is 5.12. The van der Waals surface area contributed by atoms with Crippen LogP contribution in [0.5, 0.6) is 0 Å². The molecule has 0 saturated heterocycles. The zero-order chi connectivity index (χ0) is 14.8. The maximum absolute atomic E-state index is 13.2. The van der Waals surface area contributed by atoms with Gasteiger partial charge in [0.15, 0.2) is 0 Å². The van der Waals surface area contributed by atoms with Gasteiger partial charge in [0.2, 0.25) is 5.82 Å². The van der Waals surface area contributed by atoms with Crippen molar-refractivity contribution in [1.82, 2.24) is 14.9 Å². The lowest BCUT2D eigenvalue weighted by atomic mass is 10.1. The summed E-state index contributed by atoms with van der Waals surface area (Å²) in [6.45, 7) is 2.10. The van der Waals surface area contributed by atoms with Crippen LogP contribution in [0.4, 0.5) is 4.39 Å². The van der Waals surface area contributed by atoms with Gasteiger partial charge in [-0.1, -0.05) is 12.1 Å². The van der Waals surface area contributed by atoms with Crippen LogP contribution in [-0.4, -0.2) is 27.3 Å². The third-order valence-electron chi connectivity index (χ3n) is 3.54. The van der Waals surface area contributed by atoms with E-state index in [1.165, 1.54) is 12.1 Å². The summed E-state index contributed by atoms with van der Waals surface area (Å²) in [7, 11) is 0. The van der Waals surface area contributed by atoms with Crippen molar-refractivity contribution >= 4 is 5.91 Å². The van der Waals surface area contributed by atoms with Crippen molar-refractivity contribution in [2.45, 2.75) is 19.5 Å². The average molecular weight is 286 g/mol. The van der Waals surface area contributed by atoms with E-state index < -0.39 is 5.91 Å². The molecule has 0 aliphatic carbocycles. The van der Waals surface area contributed by atoms with E-state index in [2.05, 4.69) is 14.9 Å². The Morgan fingerprint density at radius 1 is 1.43 bits per heavy atom. The highest BCUT2D eigenvalue weighted by Crippen LogP contribution is 2.18. The number of hydrogen-bond acceptors (Lipinski definition) is 4. The molecule has 0 saturated carbocycles. The van der Waals surface area contributed by atoms with E-state index in [0.717, 1.165) is 29.8 Å². The molecule has 0 atom stereocenters. The molecule has 2 N–H and O–H groups in total. The number of nitrogens with zero attached hydrogens (tertiary/aromatic N) is 3. The van der Waals surface area contributed by atoms with E-state index in [4.69, 9.17) is 5.73 Å². The minimum absolute atomic E-state index is 0.0429. The van der Waals surface area contributed by atoms with Crippen molar-refractivity contribution in [2.24, 2.45) is 5.73 Å². The maximum atomic E-state index is 13.2. The Morgan fingerprint density at radius 3 is 3.05 bits per heavy atom. The Labute approximate surface area is 121 Å². The number of aromatic nitrogens is 2. The number of carbonyl (C=O) groups excluding carboxylic acids is 1. The lowest BCUT2D eigenvalue weighted by Crippen LogP contribution is -2.32. The molecule has 0 radical (unpaired) electrons. The molecule has 0 unspecified atom stereocenters. The minimum atomic E-state index is -0.625. The number of benzene rings is 1. The van der Waals surface area contributed by atoms with Gasteiger partial charge in [0.05, 0.1) is 5.69 Å². The molecule has 2 aromatic rings. The van der Waals surface area contributed by atoms with Crippen LogP contribution in [0.15, 0.2) is 30.5 Å². The highest BCUT2D eigenvalue weighted by Gasteiger charge is 2.19. The van der Waals surface area contributed by atoms with E-state index in [0.29, 0.717) is 13.1 Å². The van der Waals surface area contributed by atoms with E-state index >= 15 is 0 Å². The fourth-order valence-corrected chi connectivity index (χ4v) is 2.50. The Balaban J connectivity index is 1.77. The smallest absolute Gasteiger partial charge is 0.286 e. The highest BCUT2D eigenvalue weighted by molar-refractivity contribution is 5.88. The van der Waals surface area contributed by atoms with Gasteiger partial charge in [0.1, 0.15) is 5.82 Å². The Kier molecular flexibility index (Phi) is 3.62. The lowest BCUT2D eigenvalue weighted by Gasteiger charge is -2.27. The Hall–Kier alpha value is -2.34. The van der Waals surface area contributed by atoms with Crippen molar-refractivity contribution in [3.63, 3.8) is 0 Å². The van der Waals surface area contributed by atoms with Crippen LogP contribution < -0.4 is 5.73 Å². The predicted octanol–water partition coefficient (Wildman–Crippen LogP) is 1.27. The minimum Gasteiger partial charge on any atom is -0.363 e. The molecule has 1 aliphatic heterocycles. The van der Waals surface area contributed by atoms with Crippen LogP contribution in [0.25, 0.3) is 0 Å². The normalized spacial score (nSPS) is 14.7. The van der Waals surface area contributed by atoms with Gasteiger partial charge in [-0.2, -0.15) is 0 Å². The van der Waals surface area contributed by atoms with Gasteiger partial charge in [-0.25, -0.2) is 14.4 Å². The standard InChI is InChI=1S/C15H15FN4O/c16-12-3-1-2-10(6-12)8-20-5-4-11-7-18-15(14(17)21)19-13(11)9-20/h1-3,6-7H,4-5,8-9H2,(H2,17,21). The third kappa shape index (κ3) is 3.05. The number of primary amides is 1. The number of hydrogen-bond donors (Lipinski definition) is 1. The largest absolute Gasteiger partial charge is 0.363 e. The monoisotopic (exact) mass is 286 g/mol. The lowest BCUT2D eigenvalue weighted by molar-refractivity contribution is 0.0989. The molecule has 1 aliphatic rings. The summed E-state index contributed by atoms with van der Waals surface area (Å²) >= 11 is 0. The molecule has 1 amide bonds.